The molecule has 3 rings (SSSR count). The van der Waals surface area contributed by atoms with Crippen molar-refractivity contribution in [3.8, 4) is 12.3 Å². The molecule has 0 spiro atoms. The Morgan fingerprint density at radius 1 is 1.26 bits per heavy atom. The lowest BCUT2D eigenvalue weighted by Crippen LogP contribution is -1.96. The molecule has 0 amide bonds. The number of rotatable bonds is 2. The third kappa shape index (κ3) is 2.02. The molecule has 19 heavy (non-hydrogen) atoms. The van der Waals surface area contributed by atoms with E-state index in [1.807, 2.05) is 48.1 Å². The van der Waals surface area contributed by atoms with Gasteiger partial charge in [0.1, 0.15) is 17.8 Å². The number of nitrogens with zero attached hydrogens (tertiary/aromatic N) is 3. The minimum Gasteiger partial charge on any atom is -0.340 e. The Labute approximate surface area is 111 Å². The van der Waals surface area contributed by atoms with Crippen molar-refractivity contribution in [2.45, 2.75) is 0 Å². The van der Waals surface area contributed by atoms with Crippen molar-refractivity contribution in [2.24, 2.45) is 7.05 Å². The average molecular weight is 248 g/mol. The van der Waals surface area contributed by atoms with Crippen LogP contribution in [0.5, 0.6) is 0 Å². The van der Waals surface area contributed by atoms with E-state index in [4.69, 9.17) is 6.42 Å². The summed E-state index contributed by atoms with van der Waals surface area (Å²) in [6.07, 6.45) is 8.91. The predicted molar refractivity (Wildman–Crippen MR) is 76.2 cm³/mol. The largest absolute Gasteiger partial charge is 0.340 e. The van der Waals surface area contributed by atoms with Crippen LogP contribution < -0.4 is 5.32 Å². The van der Waals surface area contributed by atoms with Gasteiger partial charge in [0, 0.05) is 24.5 Å². The number of hydrogen-bond donors (Lipinski definition) is 1. The van der Waals surface area contributed by atoms with Crippen LogP contribution in [0.15, 0.2) is 42.9 Å². The van der Waals surface area contributed by atoms with Crippen molar-refractivity contribution in [3.05, 3.63) is 48.4 Å². The average Bonchev–Trinajstić information content (AvgIpc) is 2.82. The molecule has 0 bridgehead atoms. The van der Waals surface area contributed by atoms with E-state index in [1.165, 1.54) is 0 Å². The Bertz CT molecular complexity index is 780. The van der Waals surface area contributed by atoms with Gasteiger partial charge in [-0.15, -0.1) is 6.42 Å². The fourth-order valence-corrected chi connectivity index (χ4v) is 2.00. The third-order valence-electron chi connectivity index (χ3n) is 2.95. The van der Waals surface area contributed by atoms with Crippen LogP contribution in [0.2, 0.25) is 0 Å². The van der Waals surface area contributed by atoms with Crippen molar-refractivity contribution < 1.29 is 0 Å². The Morgan fingerprint density at radius 3 is 3.00 bits per heavy atom. The lowest BCUT2D eigenvalue weighted by atomic mass is 10.2. The minimum absolute atomic E-state index is 0.778. The molecule has 0 fully saturated rings. The Morgan fingerprint density at radius 2 is 2.16 bits per heavy atom. The number of benzene rings is 1. The summed E-state index contributed by atoms with van der Waals surface area (Å²) in [7, 11) is 1.96. The highest BCUT2D eigenvalue weighted by Crippen LogP contribution is 2.23. The zero-order chi connectivity index (χ0) is 13.2. The van der Waals surface area contributed by atoms with Crippen molar-refractivity contribution in [3.63, 3.8) is 0 Å². The van der Waals surface area contributed by atoms with Crippen molar-refractivity contribution in [1.82, 2.24) is 14.5 Å². The smallest absolute Gasteiger partial charge is 0.145 e. The summed E-state index contributed by atoms with van der Waals surface area (Å²) in [6.45, 7) is 0. The molecule has 0 radical (unpaired) electrons. The van der Waals surface area contributed by atoms with E-state index in [-0.39, 0.29) is 0 Å². The van der Waals surface area contributed by atoms with E-state index in [2.05, 4.69) is 21.2 Å². The van der Waals surface area contributed by atoms with Crippen LogP contribution in [-0.2, 0) is 7.05 Å². The summed E-state index contributed by atoms with van der Waals surface area (Å²) in [6, 6.07) is 9.67. The van der Waals surface area contributed by atoms with Gasteiger partial charge >= 0.3 is 0 Å². The first-order valence-electron chi connectivity index (χ1n) is 5.87. The molecule has 0 unspecified atom stereocenters. The molecule has 2 aromatic heterocycles. The molecular formula is C15H12N4. The van der Waals surface area contributed by atoms with Gasteiger partial charge in [-0.3, -0.25) is 0 Å². The zero-order valence-electron chi connectivity index (χ0n) is 10.5. The number of aryl methyl sites for hydroxylation is 1. The monoisotopic (exact) mass is 248 g/mol. The number of fused-ring (bicyclic) bond motifs is 1. The second-order valence-electron chi connectivity index (χ2n) is 4.24. The van der Waals surface area contributed by atoms with E-state index < -0.39 is 0 Å². The maximum atomic E-state index is 5.40. The number of nitrogens with one attached hydrogen (secondary N) is 1. The summed E-state index contributed by atoms with van der Waals surface area (Å²) in [5, 5.41) is 4.26. The fourth-order valence-electron chi connectivity index (χ4n) is 2.00. The molecule has 1 N–H and O–H groups in total. The van der Waals surface area contributed by atoms with E-state index in [0.29, 0.717) is 0 Å². The highest BCUT2D eigenvalue weighted by molar-refractivity contribution is 5.89. The second-order valence-corrected chi connectivity index (χ2v) is 4.24. The highest BCUT2D eigenvalue weighted by atomic mass is 15.1. The molecule has 0 aliphatic rings. The molecule has 0 saturated carbocycles. The molecule has 92 valence electrons. The Kier molecular flexibility index (Phi) is 2.66. The summed E-state index contributed by atoms with van der Waals surface area (Å²) in [5.74, 6) is 3.40. The van der Waals surface area contributed by atoms with Gasteiger partial charge in [0.2, 0.25) is 0 Å². The normalized spacial score (nSPS) is 10.3. The summed E-state index contributed by atoms with van der Waals surface area (Å²) < 4.78 is 1.96. The fraction of sp³-hybridized carbons (Fsp3) is 0.0667. The van der Waals surface area contributed by atoms with Crippen molar-refractivity contribution >= 4 is 22.5 Å². The van der Waals surface area contributed by atoms with Gasteiger partial charge in [0.05, 0.1) is 5.39 Å². The van der Waals surface area contributed by atoms with E-state index >= 15 is 0 Å². The van der Waals surface area contributed by atoms with Crippen LogP contribution in [0, 0.1) is 12.3 Å². The number of anilines is 2. The maximum Gasteiger partial charge on any atom is 0.145 e. The van der Waals surface area contributed by atoms with Crippen LogP contribution in [0.1, 0.15) is 5.56 Å². The molecule has 0 atom stereocenters. The minimum atomic E-state index is 0.778. The first-order chi connectivity index (χ1) is 9.28. The van der Waals surface area contributed by atoms with Gasteiger partial charge in [0.15, 0.2) is 0 Å². The number of terminal acetylenes is 1. The number of hydrogen-bond acceptors (Lipinski definition) is 3. The van der Waals surface area contributed by atoms with Crippen LogP contribution in [0.4, 0.5) is 11.5 Å². The van der Waals surface area contributed by atoms with Crippen LogP contribution in [0.25, 0.3) is 11.0 Å². The first-order valence-corrected chi connectivity index (χ1v) is 5.87. The zero-order valence-corrected chi connectivity index (χ0v) is 10.5. The molecule has 1 aromatic carbocycles. The lowest BCUT2D eigenvalue weighted by molar-refractivity contribution is 0.944. The van der Waals surface area contributed by atoms with Gasteiger partial charge in [-0.25, -0.2) is 9.97 Å². The Balaban J connectivity index is 2.03. The third-order valence-corrected chi connectivity index (χ3v) is 2.95. The SMILES string of the molecule is C#Cc1cccc(Nc2ncnc3c2ccn3C)c1. The predicted octanol–water partition coefficient (Wildman–Crippen LogP) is 2.69. The van der Waals surface area contributed by atoms with Crippen LogP contribution in [0.3, 0.4) is 0 Å². The molecule has 2 heterocycles. The highest BCUT2D eigenvalue weighted by Gasteiger charge is 2.06. The molecule has 3 aromatic rings. The van der Waals surface area contributed by atoms with Gasteiger partial charge < -0.3 is 9.88 Å². The van der Waals surface area contributed by atoms with E-state index in [0.717, 1.165) is 28.1 Å². The van der Waals surface area contributed by atoms with Gasteiger partial charge in [-0.2, -0.15) is 0 Å². The summed E-state index contributed by atoms with van der Waals surface area (Å²) in [4.78, 5) is 8.54. The molecule has 4 nitrogen and oxygen atoms in total. The van der Waals surface area contributed by atoms with Gasteiger partial charge in [-0.05, 0) is 24.3 Å². The quantitative estimate of drug-likeness (QED) is 0.709. The summed E-state index contributed by atoms with van der Waals surface area (Å²) >= 11 is 0. The second kappa shape index (κ2) is 4.46. The van der Waals surface area contributed by atoms with E-state index in [9.17, 15) is 0 Å². The van der Waals surface area contributed by atoms with E-state index in [1.54, 1.807) is 6.33 Å². The standard InChI is InChI=1S/C15H12N4/c1-3-11-5-4-6-12(9-11)18-14-13-7-8-19(2)15(13)17-10-16-14/h1,4-10H,2H3,(H,16,17,18). The molecule has 0 saturated heterocycles. The summed E-state index contributed by atoms with van der Waals surface area (Å²) in [5.41, 5.74) is 2.65. The molecule has 0 aliphatic carbocycles. The maximum absolute atomic E-state index is 5.40. The molecule has 4 heteroatoms. The van der Waals surface area contributed by atoms with Gasteiger partial charge in [-0.1, -0.05) is 12.0 Å². The van der Waals surface area contributed by atoms with Crippen molar-refractivity contribution in [2.75, 3.05) is 5.32 Å². The first kappa shape index (κ1) is 11.3. The van der Waals surface area contributed by atoms with Gasteiger partial charge in [0.25, 0.3) is 0 Å². The lowest BCUT2D eigenvalue weighted by Gasteiger charge is -2.07. The van der Waals surface area contributed by atoms with Crippen LogP contribution >= 0.6 is 0 Å². The van der Waals surface area contributed by atoms with Crippen molar-refractivity contribution in [1.29, 1.82) is 0 Å². The Hall–Kier alpha value is -2.80. The van der Waals surface area contributed by atoms with Crippen LogP contribution in [-0.4, -0.2) is 14.5 Å². The molecular weight excluding hydrogens is 236 g/mol. The molecule has 0 aliphatic heterocycles. The number of aromatic nitrogens is 3. The topological polar surface area (TPSA) is 42.7 Å².